The van der Waals surface area contributed by atoms with Crippen LogP contribution in [-0.2, 0) is 0 Å². The quantitative estimate of drug-likeness (QED) is 0.585. The molecule has 27 heavy (non-hydrogen) atoms. The van der Waals surface area contributed by atoms with E-state index >= 15 is 0 Å². The number of para-hydroxylation sites is 2. The average Bonchev–Trinajstić information content (AvgIpc) is 2.71. The maximum Gasteiger partial charge on any atom is 0.257 e. The van der Waals surface area contributed by atoms with Gasteiger partial charge in [0, 0.05) is 17.8 Å². The number of carbonyl (C=O) groups is 1. The number of rotatable bonds is 9. The maximum absolute atomic E-state index is 13.2. The zero-order valence-electron chi connectivity index (χ0n) is 16.4. The molecular weight excluding hydrogens is 336 g/mol. The van der Waals surface area contributed by atoms with Crippen LogP contribution < -0.4 is 10.1 Å². The molecule has 1 N–H and O–H groups in total. The Bertz CT molecular complexity index is 760. The fourth-order valence-corrected chi connectivity index (χ4v) is 3.47. The highest BCUT2D eigenvalue weighted by Gasteiger charge is 2.33. The van der Waals surface area contributed by atoms with Gasteiger partial charge in [-0.3, -0.25) is 4.79 Å². The van der Waals surface area contributed by atoms with Gasteiger partial charge in [-0.05, 0) is 31.0 Å². The number of ether oxygens (including phenoxy) is 1. The Balaban J connectivity index is 1.90. The lowest BCUT2D eigenvalue weighted by atomic mass is 10.0. The second-order valence-electron chi connectivity index (χ2n) is 7.04. The molecule has 0 radical (unpaired) electrons. The number of hydrogen-bond donors (Lipinski definition) is 1. The fraction of sp³-hybridized carbons (Fsp3) is 0.435. The molecule has 1 aliphatic rings. The summed E-state index contributed by atoms with van der Waals surface area (Å²) in [5, 5.41) is 3.57. The van der Waals surface area contributed by atoms with Crippen LogP contribution in [0.5, 0.6) is 5.75 Å². The van der Waals surface area contributed by atoms with Crippen molar-refractivity contribution in [3.8, 4) is 5.75 Å². The van der Waals surface area contributed by atoms with Crippen LogP contribution in [0.1, 0.15) is 68.0 Å². The molecule has 1 aliphatic heterocycles. The smallest absolute Gasteiger partial charge is 0.257 e. The molecule has 2 aromatic rings. The molecule has 3 rings (SSSR count). The molecule has 0 fully saturated rings. The Hall–Kier alpha value is -2.49. The van der Waals surface area contributed by atoms with Gasteiger partial charge in [0.25, 0.3) is 5.91 Å². The lowest BCUT2D eigenvalue weighted by Crippen LogP contribution is -2.43. The normalized spacial score (nSPS) is 16.0. The van der Waals surface area contributed by atoms with Crippen LogP contribution in [0.2, 0.25) is 0 Å². The van der Waals surface area contributed by atoms with Gasteiger partial charge in [0.05, 0.1) is 12.2 Å². The van der Waals surface area contributed by atoms with E-state index < -0.39 is 0 Å². The first-order valence-electron chi connectivity index (χ1n) is 10.1. The van der Waals surface area contributed by atoms with Crippen LogP contribution >= 0.6 is 0 Å². The Kier molecular flexibility index (Phi) is 6.74. The highest BCUT2D eigenvalue weighted by atomic mass is 16.5. The molecule has 144 valence electrons. The van der Waals surface area contributed by atoms with Gasteiger partial charge in [0.15, 0.2) is 0 Å². The van der Waals surface area contributed by atoms with E-state index in [-0.39, 0.29) is 12.1 Å². The number of hydrogen-bond acceptors (Lipinski definition) is 3. The molecule has 0 aromatic heterocycles. The molecule has 0 saturated heterocycles. The first kappa shape index (κ1) is 19.3. The second-order valence-corrected chi connectivity index (χ2v) is 7.04. The zero-order valence-corrected chi connectivity index (χ0v) is 16.4. The third kappa shape index (κ3) is 4.44. The van der Waals surface area contributed by atoms with Crippen molar-refractivity contribution in [2.75, 3.05) is 18.5 Å². The van der Waals surface area contributed by atoms with Gasteiger partial charge < -0.3 is 15.0 Å². The zero-order chi connectivity index (χ0) is 19.1. The number of carbonyl (C=O) groups excluding carboxylic acids is 1. The van der Waals surface area contributed by atoms with Crippen molar-refractivity contribution in [2.24, 2.45) is 0 Å². The van der Waals surface area contributed by atoms with E-state index in [1.807, 2.05) is 47.4 Å². The summed E-state index contributed by atoms with van der Waals surface area (Å²) in [5.41, 5.74) is 2.65. The van der Waals surface area contributed by atoms with Crippen LogP contribution in [0.25, 0.3) is 0 Å². The maximum atomic E-state index is 13.2. The number of fused-ring (bicyclic) bond motifs is 1. The van der Waals surface area contributed by atoms with E-state index in [0.717, 1.165) is 48.4 Å². The van der Waals surface area contributed by atoms with E-state index in [4.69, 9.17) is 4.74 Å². The number of benzene rings is 2. The molecule has 0 aliphatic carbocycles. The Morgan fingerprint density at radius 1 is 0.963 bits per heavy atom. The summed E-state index contributed by atoms with van der Waals surface area (Å²) in [6, 6.07) is 15.8. The number of anilines is 1. The highest BCUT2D eigenvalue weighted by Crippen LogP contribution is 2.36. The molecule has 1 heterocycles. The topological polar surface area (TPSA) is 41.6 Å². The van der Waals surface area contributed by atoms with Crippen molar-refractivity contribution in [2.45, 2.75) is 52.1 Å². The van der Waals surface area contributed by atoms with Crippen molar-refractivity contribution >= 4 is 11.6 Å². The minimum Gasteiger partial charge on any atom is -0.493 e. The molecule has 4 heteroatoms. The summed E-state index contributed by atoms with van der Waals surface area (Å²) >= 11 is 0. The molecule has 2 aromatic carbocycles. The third-order valence-electron chi connectivity index (χ3n) is 4.99. The van der Waals surface area contributed by atoms with Crippen LogP contribution in [0.3, 0.4) is 0 Å². The van der Waals surface area contributed by atoms with Crippen molar-refractivity contribution in [3.63, 3.8) is 0 Å². The lowest BCUT2D eigenvalue weighted by molar-refractivity contribution is 0.0677. The largest absolute Gasteiger partial charge is 0.493 e. The fourth-order valence-electron chi connectivity index (χ4n) is 3.47. The molecule has 1 unspecified atom stereocenters. The molecular formula is C23H30N2O2. The Labute approximate surface area is 162 Å². The van der Waals surface area contributed by atoms with E-state index in [2.05, 4.69) is 25.2 Å². The minimum absolute atomic E-state index is 0.0867. The molecule has 0 saturated carbocycles. The number of unbranched alkanes of at least 4 members (excludes halogenated alkanes) is 3. The predicted octanol–water partition coefficient (Wildman–Crippen LogP) is 5.62. The minimum atomic E-state index is -0.207. The van der Waals surface area contributed by atoms with Crippen molar-refractivity contribution < 1.29 is 9.53 Å². The van der Waals surface area contributed by atoms with E-state index in [9.17, 15) is 4.79 Å². The summed E-state index contributed by atoms with van der Waals surface area (Å²) in [4.78, 5) is 15.1. The molecule has 0 bridgehead atoms. The number of amides is 1. The van der Waals surface area contributed by atoms with Gasteiger partial charge in [-0.25, -0.2) is 0 Å². The van der Waals surface area contributed by atoms with Gasteiger partial charge in [0.1, 0.15) is 11.9 Å². The SMILES string of the molecule is CCCCCOc1ccccc1C1Nc2ccccc2C(=O)N1CCCC. The van der Waals surface area contributed by atoms with Crippen LogP contribution in [-0.4, -0.2) is 24.0 Å². The van der Waals surface area contributed by atoms with Gasteiger partial charge in [-0.2, -0.15) is 0 Å². The van der Waals surface area contributed by atoms with Gasteiger partial charge in [-0.1, -0.05) is 63.4 Å². The number of nitrogens with zero attached hydrogens (tertiary/aromatic N) is 1. The summed E-state index contributed by atoms with van der Waals surface area (Å²) in [5.74, 6) is 0.948. The van der Waals surface area contributed by atoms with Crippen LogP contribution in [0.4, 0.5) is 5.69 Å². The van der Waals surface area contributed by atoms with Gasteiger partial charge >= 0.3 is 0 Å². The van der Waals surface area contributed by atoms with Gasteiger partial charge in [0.2, 0.25) is 0 Å². The Morgan fingerprint density at radius 3 is 2.52 bits per heavy atom. The van der Waals surface area contributed by atoms with E-state index in [1.165, 1.54) is 12.8 Å². The highest BCUT2D eigenvalue weighted by molar-refractivity contribution is 6.01. The third-order valence-corrected chi connectivity index (χ3v) is 4.99. The number of nitrogens with one attached hydrogen (secondary N) is 1. The van der Waals surface area contributed by atoms with Crippen LogP contribution in [0, 0.1) is 0 Å². The molecule has 0 spiro atoms. The van der Waals surface area contributed by atoms with Gasteiger partial charge in [-0.15, -0.1) is 0 Å². The van der Waals surface area contributed by atoms with Crippen molar-refractivity contribution in [3.05, 3.63) is 59.7 Å². The van der Waals surface area contributed by atoms with Crippen LogP contribution in [0.15, 0.2) is 48.5 Å². The first-order valence-corrected chi connectivity index (χ1v) is 10.1. The van der Waals surface area contributed by atoms with Crippen molar-refractivity contribution in [1.29, 1.82) is 0 Å². The van der Waals surface area contributed by atoms with Crippen molar-refractivity contribution in [1.82, 2.24) is 4.90 Å². The summed E-state index contributed by atoms with van der Waals surface area (Å²) < 4.78 is 6.09. The summed E-state index contributed by atoms with van der Waals surface area (Å²) in [6.07, 6.45) is 5.20. The monoisotopic (exact) mass is 366 g/mol. The molecule has 1 atom stereocenters. The first-order chi connectivity index (χ1) is 13.3. The lowest BCUT2D eigenvalue weighted by Gasteiger charge is -2.38. The summed E-state index contributed by atoms with van der Waals surface area (Å²) in [7, 11) is 0. The standard InChI is InChI=1S/C23H30N2O2/c1-3-5-11-17-27-21-15-10-8-13-19(21)22-24-20-14-9-7-12-18(20)23(26)25(22)16-6-4-2/h7-10,12-15,22,24H,3-6,11,16-17H2,1-2H3. The van der Waals surface area contributed by atoms with E-state index in [1.54, 1.807) is 0 Å². The molecule has 4 nitrogen and oxygen atoms in total. The molecule has 1 amide bonds. The second kappa shape index (κ2) is 9.45. The average molecular weight is 367 g/mol. The Morgan fingerprint density at radius 2 is 1.70 bits per heavy atom. The van der Waals surface area contributed by atoms with E-state index in [0.29, 0.717) is 6.61 Å². The summed E-state index contributed by atoms with van der Waals surface area (Å²) in [6.45, 7) is 5.77. The predicted molar refractivity (Wildman–Crippen MR) is 110 cm³/mol.